The van der Waals surface area contributed by atoms with Crippen LogP contribution in [0.1, 0.15) is 5.56 Å². The van der Waals surface area contributed by atoms with Gasteiger partial charge in [-0.25, -0.2) is 4.99 Å². The van der Waals surface area contributed by atoms with Crippen molar-refractivity contribution in [2.24, 2.45) is 4.99 Å². The number of hydrogen-bond donors (Lipinski definition) is 0. The fourth-order valence-electron chi connectivity index (χ4n) is 1.59. The van der Waals surface area contributed by atoms with Gasteiger partial charge in [-0.2, -0.15) is 0 Å². The Morgan fingerprint density at radius 2 is 1.72 bits per heavy atom. The number of ether oxygens (including phenoxy) is 1. The molecule has 0 N–H and O–H groups in total. The van der Waals surface area contributed by atoms with Crippen molar-refractivity contribution in [2.45, 2.75) is 6.42 Å². The minimum atomic E-state index is 0.575. The Hall–Kier alpha value is -1.80. The average Bonchev–Trinajstić information content (AvgIpc) is 2.40. The third-order valence-electron chi connectivity index (χ3n) is 2.52. The van der Waals surface area contributed by atoms with Crippen LogP contribution in [-0.2, 0) is 6.42 Å². The summed E-state index contributed by atoms with van der Waals surface area (Å²) in [7, 11) is 1.65. The van der Waals surface area contributed by atoms with Crippen LogP contribution in [0.4, 0.5) is 5.69 Å². The van der Waals surface area contributed by atoms with Crippen LogP contribution < -0.4 is 4.74 Å². The lowest BCUT2D eigenvalue weighted by atomic mass is 10.1. The molecule has 2 rings (SSSR count). The monoisotopic (exact) mass is 259 g/mol. The summed E-state index contributed by atoms with van der Waals surface area (Å²) in [5.41, 5.74) is 1.98. The Bertz CT molecular complexity index is 520. The van der Waals surface area contributed by atoms with E-state index in [-0.39, 0.29) is 0 Å². The first-order valence-corrected chi connectivity index (χ1v) is 6.07. The number of benzene rings is 2. The topological polar surface area (TPSA) is 21.6 Å². The van der Waals surface area contributed by atoms with Crippen LogP contribution in [0.25, 0.3) is 0 Å². The predicted molar refractivity (Wildman–Crippen MR) is 76.1 cm³/mol. The molecule has 0 saturated heterocycles. The van der Waals surface area contributed by atoms with Crippen molar-refractivity contribution in [1.82, 2.24) is 0 Å². The van der Waals surface area contributed by atoms with Crippen LogP contribution in [0.3, 0.4) is 0 Å². The van der Waals surface area contributed by atoms with Gasteiger partial charge >= 0.3 is 0 Å². The van der Waals surface area contributed by atoms with Crippen molar-refractivity contribution in [3.63, 3.8) is 0 Å². The molecule has 0 saturated carbocycles. The summed E-state index contributed by atoms with van der Waals surface area (Å²) >= 11 is 6.14. The lowest BCUT2D eigenvalue weighted by Gasteiger charge is -2.02. The Morgan fingerprint density at radius 1 is 1.06 bits per heavy atom. The van der Waals surface area contributed by atoms with Crippen LogP contribution >= 0.6 is 11.6 Å². The minimum Gasteiger partial charge on any atom is -0.497 e. The first-order valence-electron chi connectivity index (χ1n) is 5.69. The molecule has 0 radical (unpaired) electrons. The van der Waals surface area contributed by atoms with Gasteiger partial charge in [0.15, 0.2) is 0 Å². The van der Waals surface area contributed by atoms with Gasteiger partial charge < -0.3 is 4.74 Å². The number of nitrogens with zero attached hydrogens (tertiary/aromatic N) is 1. The lowest BCUT2D eigenvalue weighted by molar-refractivity contribution is 0.414. The quantitative estimate of drug-likeness (QED) is 0.754. The van der Waals surface area contributed by atoms with Gasteiger partial charge in [-0.15, -0.1) is 0 Å². The zero-order valence-corrected chi connectivity index (χ0v) is 10.9. The Morgan fingerprint density at radius 3 is 2.33 bits per heavy atom. The third-order valence-corrected chi connectivity index (χ3v) is 2.73. The Labute approximate surface area is 112 Å². The van der Waals surface area contributed by atoms with Crippen LogP contribution in [0.5, 0.6) is 5.75 Å². The second-order valence-electron chi connectivity index (χ2n) is 3.85. The molecule has 2 nitrogen and oxygen atoms in total. The zero-order valence-electron chi connectivity index (χ0n) is 10.1. The van der Waals surface area contributed by atoms with E-state index in [1.165, 1.54) is 0 Å². The fraction of sp³-hybridized carbons (Fsp3) is 0.133. The van der Waals surface area contributed by atoms with Gasteiger partial charge in [0.05, 0.1) is 12.8 Å². The van der Waals surface area contributed by atoms with E-state index in [0.29, 0.717) is 11.6 Å². The highest BCUT2D eigenvalue weighted by Gasteiger charge is 1.99. The predicted octanol–water partition coefficient (Wildman–Crippen LogP) is 4.21. The van der Waals surface area contributed by atoms with Crippen molar-refractivity contribution < 1.29 is 4.74 Å². The van der Waals surface area contributed by atoms with Gasteiger partial charge in [0.1, 0.15) is 10.9 Å². The average molecular weight is 260 g/mol. The van der Waals surface area contributed by atoms with Gasteiger partial charge in [0, 0.05) is 6.42 Å². The van der Waals surface area contributed by atoms with Gasteiger partial charge in [-0.3, -0.25) is 0 Å². The summed E-state index contributed by atoms with van der Waals surface area (Å²) in [6.07, 6.45) is 0.625. The summed E-state index contributed by atoms with van der Waals surface area (Å²) in [5, 5.41) is 0.575. The number of para-hydroxylation sites is 1. The van der Waals surface area contributed by atoms with Crippen LogP contribution in [0, 0.1) is 0 Å². The molecule has 0 bridgehead atoms. The fourth-order valence-corrected chi connectivity index (χ4v) is 1.85. The molecule has 3 heteroatoms. The van der Waals surface area contributed by atoms with Gasteiger partial charge in [0.25, 0.3) is 0 Å². The normalized spacial score (nSPS) is 11.3. The second-order valence-corrected chi connectivity index (χ2v) is 4.28. The van der Waals surface area contributed by atoms with E-state index in [0.717, 1.165) is 17.0 Å². The highest BCUT2D eigenvalue weighted by molar-refractivity contribution is 6.65. The summed E-state index contributed by atoms with van der Waals surface area (Å²) in [5.74, 6) is 0.842. The Balaban J connectivity index is 2.06. The molecule has 0 aromatic heterocycles. The van der Waals surface area contributed by atoms with Crippen molar-refractivity contribution in [1.29, 1.82) is 0 Å². The molecule has 0 unspecified atom stereocenters. The van der Waals surface area contributed by atoms with Crippen LogP contribution in [-0.4, -0.2) is 12.3 Å². The number of hydrogen-bond acceptors (Lipinski definition) is 2. The maximum atomic E-state index is 6.14. The van der Waals surface area contributed by atoms with Crippen molar-refractivity contribution in [3.05, 3.63) is 60.2 Å². The maximum Gasteiger partial charge on any atom is 0.118 e. The molecule has 2 aromatic rings. The zero-order chi connectivity index (χ0) is 12.8. The summed E-state index contributed by atoms with van der Waals surface area (Å²) in [6.45, 7) is 0. The second kappa shape index (κ2) is 6.22. The molecule has 92 valence electrons. The molecule has 18 heavy (non-hydrogen) atoms. The largest absolute Gasteiger partial charge is 0.497 e. The van der Waals surface area contributed by atoms with Gasteiger partial charge in [0.2, 0.25) is 0 Å². The smallest absolute Gasteiger partial charge is 0.118 e. The molecule has 0 spiro atoms. The van der Waals surface area contributed by atoms with Crippen molar-refractivity contribution >= 4 is 22.5 Å². The van der Waals surface area contributed by atoms with E-state index in [4.69, 9.17) is 16.3 Å². The Kier molecular flexibility index (Phi) is 4.37. The summed E-state index contributed by atoms with van der Waals surface area (Å²) in [6, 6.07) is 17.5. The van der Waals surface area contributed by atoms with Crippen molar-refractivity contribution in [3.8, 4) is 5.75 Å². The highest BCUT2D eigenvalue weighted by atomic mass is 35.5. The lowest BCUT2D eigenvalue weighted by Crippen LogP contribution is -1.94. The van der Waals surface area contributed by atoms with Gasteiger partial charge in [-0.1, -0.05) is 41.9 Å². The molecular weight excluding hydrogens is 246 g/mol. The number of rotatable bonds is 4. The molecule has 0 atom stereocenters. The molecule has 0 fully saturated rings. The van der Waals surface area contributed by atoms with E-state index in [1.54, 1.807) is 7.11 Å². The van der Waals surface area contributed by atoms with E-state index in [1.807, 2.05) is 54.6 Å². The van der Waals surface area contributed by atoms with E-state index < -0.39 is 0 Å². The van der Waals surface area contributed by atoms with Gasteiger partial charge in [-0.05, 0) is 29.8 Å². The van der Waals surface area contributed by atoms with E-state index >= 15 is 0 Å². The summed E-state index contributed by atoms with van der Waals surface area (Å²) < 4.78 is 5.11. The molecule has 0 aliphatic heterocycles. The van der Waals surface area contributed by atoms with Crippen LogP contribution in [0.2, 0.25) is 0 Å². The standard InChI is InChI=1S/C15H14ClNO/c1-18-14-9-7-12(8-10-14)11-15(16)17-13-5-3-2-4-6-13/h2-10H,11H2,1H3. The third kappa shape index (κ3) is 3.60. The van der Waals surface area contributed by atoms with Crippen molar-refractivity contribution in [2.75, 3.05) is 7.11 Å². The molecule has 0 amide bonds. The minimum absolute atomic E-state index is 0.575. The molecule has 2 aromatic carbocycles. The number of aliphatic imine (C=N–C) groups is 1. The first-order chi connectivity index (χ1) is 8.78. The molecule has 0 aliphatic carbocycles. The molecule has 0 aliphatic rings. The number of halogens is 1. The van der Waals surface area contributed by atoms with Crippen LogP contribution in [0.15, 0.2) is 59.6 Å². The maximum absolute atomic E-state index is 6.14. The van der Waals surface area contributed by atoms with E-state index in [9.17, 15) is 0 Å². The first kappa shape index (κ1) is 12.7. The summed E-state index contributed by atoms with van der Waals surface area (Å²) in [4.78, 5) is 4.35. The molecular formula is C15H14ClNO. The SMILES string of the molecule is COc1ccc(CC(Cl)=Nc2ccccc2)cc1. The molecule has 0 heterocycles. The highest BCUT2D eigenvalue weighted by Crippen LogP contribution is 2.15. The van der Waals surface area contributed by atoms with E-state index in [2.05, 4.69) is 4.99 Å². The number of methoxy groups -OCH3 is 1.